The van der Waals surface area contributed by atoms with Gasteiger partial charge in [0.2, 0.25) is 0 Å². The third kappa shape index (κ3) is 57.2. The summed E-state index contributed by atoms with van der Waals surface area (Å²) in [5, 5.41) is 0. The van der Waals surface area contributed by atoms with E-state index in [1.165, 1.54) is 135 Å². The van der Waals surface area contributed by atoms with E-state index in [4.69, 9.17) is 14.2 Å². The number of hydrogen-bond acceptors (Lipinski definition) is 6. The van der Waals surface area contributed by atoms with Gasteiger partial charge in [-0.15, -0.1) is 0 Å². The van der Waals surface area contributed by atoms with E-state index in [1.54, 1.807) is 0 Å². The maximum absolute atomic E-state index is 12.8. The molecule has 412 valence electrons. The molecule has 0 fully saturated rings. The quantitative estimate of drug-likeness (QED) is 0.0261. The first-order chi connectivity index (χ1) is 35.5. The normalized spacial score (nSPS) is 12.8. The molecule has 6 heteroatoms. The van der Waals surface area contributed by atoms with Gasteiger partial charge in [0.05, 0.1) is 0 Å². The average molecular weight is 1000 g/mol. The molecule has 0 saturated carbocycles. The van der Waals surface area contributed by atoms with E-state index in [0.29, 0.717) is 19.3 Å². The van der Waals surface area contributed by atoms with Gasteiger partial charge < -0.3 is 14.2 Å². The van der Waals surface area contributed by atoms with Crippen molar-refractivity contribution in [1.29, 1.82) is 0 Å². The van der Waals surface area contributed by atoms with Gasteiger partial charge in [-0.05, 0) is 83.5 Å². The zero-order chi connectivity index (χ0) is 52.2. The Morgan fingerprint density at radius 1 is 0.292 bits per heavy atom. The van der Waals surface area contributed by atoms with Gasteiger partial charge in [0.15, 0.2) is 6.10 Å². The van der Waals surface area contributed by atoms with Crippen LogP contribution in [0.3, 0.4) is 0 Å². The second kappa shape index (κ2) is 59.9. The number of unbranched alkanes of at least 4 members (excludes halogenated alkanes) is 27. The van der Waals surface area contributed by atoms with E-state index < -0.39 is 6.10 Å². The SMILES string of the molecule is CC/C=C\C/C=C\C/C=C\C/C=C\C/C=C\C/C=C\C/C=C\C/C=C\CCCCC(=O)OCC(COC(=O)CCCCCCCCCCC)OC(=O)CCCCCCCCCCCCCCCCCCCC. The topological polar surface area (TPSA) is 78.9 Å². The fourth-order valence-electron chi connectivity index (χ4n) is 8.34. The second-order valence-electron chi connectivity index (χ2n) is 19.9. The predicted molar refractivity (Wildman–Crippen MR) is 311 cm³/mol. The first-order valence-electron chi connectivity index (χ1n) is 30.2. The zero-order valence-corrected chi connectivity index (χ0v) is 47.2. The highest BCUT2D eigenvalue weighted by atomic mass is 16.6. The lowest BCUT2D eigenvalue weighted by atomic mass is 10.0. The van der Waals surface area contributed by atoms with Crippen molar-refractivity contribution in [2.24, 2.45) is 0 Å². The number of esters is 3. The molecule has 72 heavy (non-hydrogen) atoms. The van der Waals surface area contributed by atoms with Crippen LogP contribution in [0.4, 0.5) is 0 Å². The minimum atomic E-state index is -0.792. The van der Waals surface area contributed by atoms with Gasteiger partial charge in [-0.25, -0.2) is 0 Å². The highest BCUT2D eigenvalue weighted by Crippen LogP contribution is 2.16. The van der Waals surface area contributed by atoms with Crippen LogP contribution in [0.15, 0.2) is 97.2 Å². The van der Waals surface area contributed by atoms with E-state index in [0.717, 1.165) is 109 Å². The van der Waals surface area contributed by atoms with Gasteiger partial charge in [-0.3, -0.25) is 14.4 Å². The van der Waals surface area contributed by atoms with Gasteiger partial charge in [-0.2, -0.15) is 0 Å². The lowest BCUT2D eigenvalue weighted by Gasteiger charge is -2.18. The molecule has 1 atom stereocenters. The third-order valence-corrected chi connectivity index (χ3v) is 12.9. The van der Waals surface area contributed by atoms with Crippen molar-refractivity contribution in [3.63, 3.8) is 0 Å². The molecule has 0 bridgehead atoms. The first-order valence-corrected chi connectivity index (χ1v) is 30.2. The maximum atomic E-state index is 12.8. The number of carbonyl (C=O) groups excluding carboxylic acids is 3. The summed E-state index contributed by atoms with van der Waals surface area (Å²) in [6.45, 7) is 6.49. The molecule has 0 aromatic rings. The molecule has 0 aliphatic carbocycles. The first kappa shape index (κ1) is 68.3. The van der Waals surface area contributed by atoms with Crippen LogP contribution in [0.1, 0.15) is 284 Å². The van der Waals surface area contributed by atoms with Crippen molar-refractivity contribution < 1.29 is 28.6 Å². The van der Waals surface area contributed by atoms with Crippen molar-refractivity contribution in [2.45, 2.75) is 290 Å². The largest absolute Gasteiger partial charge is 0.462 e. The van der Waals surface area contributed by atoms with E-state index in [-0.39, 0.29) is 31.1 Å². The van der Waals surface area contributed by atoms with Crippen LogP contribution < -0.4 is 0 Å². The molecule has 0 saturated heterocycles. The van der Waals surface area contributed by atoms with Crippen LogP contribution in [0.5, 0.6) is 0 Å². The molecule has 0 aromatic heterocycles. The molecule has 0 aromatic carbocycles. The number of ether oxygens (including phenoxy) is 3. The number of rotatable bonds is 54. The zero-order valence-electron chi connectivity index (χ0n) is 47.2. The average Bonchev–Trinajstić information content (AvgIpc) is 3.38. The monoisotopic (exact) mass is 1000 g/mol. The predicted octanol–water partition coefficient (Wildman–Crippen LogP) is 20.5. The summed E-state index contributed by atoms with van der Waals surface area (Å²) in [4.78, 5) is 38.1. The van der Waals surface area contributed by atoms with Crippen molar-refractivity contribution in [2.75, 3.05) is 13.2 Å². The molecule has 1 unspecified atom stereocenters. The molecule has 0 spiro atoms. The Labute approximate surface area is 445 Å². The Hall–Kier alpha value is -3.67. The Balaban J connectivity index is 4.33. The molecule has 0 aliphatic heterocycles. The Kier molecular flexibility index (Phi) is 56.8. The van der Waals surface area contributed by atoms with Gasteiger partial charge >= 0.3 is 17.9 Å². The summed E-state index contributed by atoms with van der Waals surface area (Å²) < 4.78 is 16.8. The minimum Gasteiger partial charge on any atom is -0.462 e. The Morgan fingerprint density at radius 3 is 0.847 bits per heavy atom. The number of carbonyl (C=O) groups is 3. The van der Waals surface area contributed by atoms with Crippen molar-refractivity contribution in [3.05, 3.63) is 97.2 Å². The molecule has 0 amide bonds. The molecule has 0 N–H and O–H groups in total. The highest BCUT2D eigenvalue weighted by molar-refractivity contribution is 5.71. The van der Waals surface area contributed by atoms with Gasteiger partial charge in [0, 0.05) is 19.3 Å². The van der Waals surface area contributed by atoms with Gasteiger partial charge in [0.1, 0.15) is 13.2 Å². The summed E-state index contributed by atoms with van der Waals surface area (Å²) in [5.41, 5.74) is 0. The van der Waals surface area contributed by atoms with Crippen LogP contribution >= 0.6 is 0 Å². The molecular weight excluding hydrogens is 889 g/mol. The Bertz CT molecular complexity index is 1430. The van der Waals surface area contributed by atoms with Crippen LogP contribution in [0, 0.1) is 0 Å². The summed E-state index contributed by atoms with van der Waals surface area (Å²) in [6.07, 6.45) is 79.9. The fraction of sp³-hybridized carbons (Fsp3) is 0.712. The van der Waals surface area contributed by atoms with Crippen LogP contribution in [-0.2, 0) is 28.6 Å². The van der Waals surface area contributed by atoms with Crippen LogP contribution in [0.25, 0.3) is 0 Å². The lowest BCUT2D eigenvalue weighted by Crippen LogP contribution is -2.30. The van der Waals surface area contributed by atoms with Crippen molar-refractivity contribution in [3.8, 4) is 0 Å². The fourth-order valence-corrected chi connectivity index (χ4v) is 8.34. The van der Waals surface area contributed by atoms with Crippen molar-refractivity contribution >= 4 is 17.9 Å². The molecule has 0 heterocycles. The Morgan fingerprint density at radius 2 is 0.542 bits per heavy atom. The van der Waals surface area contributed by atoms with E-state index in [1.807, 2.05) is 0 Å². The van der Waals surface area contributed by atoms with Gasteiger partial charge in [-0.1, -0.05) is 279 Å². The molecule has 6 nitrogen and oxygen atoms in total. The minimum absolute atomic E-state index is 0.0883. The third-order valence-electron chi connectivity index (χ3n) is 12.9. The molecule has 0 aliphatic rings. The molecular formula is C66H112O6. The van der Waals surface area contributed by atoms with E-state index in [9.17, 15) is 14.4 Å². The van der Waals surface area contributed by atoms with Crippen molar-refractivity contribution in [1.82, 2.24) is 0 Å². The van der Waals surface area contributed by atoms with Crippen LogP contribution in [-0.4, -0.2) is 37.2 Å². The van der Waals surface area contributed by atoms with Gasteiger partial charge in [0.25, 0.3) is 0 Å². The van der Waals surface area contributed by atoms with E-state index in [2.05, 4.69) is 118 Å². The lowest BCUT2D eigenvalue weighted by molar-refractivity contribution is -0.167. The smallest absolute Gasteiger partial charge is 0.306 e. The highest BCUT2D eigenvalue weighted by Gasteiger charge is 2.19. The van der Waals surface area contributed by atoms with E-state index >= 15 is 0 Å². The summed E-state index contributed by atoms with van der Waals surface area (Å²) >= 11 is 0. The molecule has 0 radical (unpaired) electrons. The molecule has 0 rings (SSSR count). The summed E-state index contributed by atoms with van der Waals surface area (Å²) in [5.74, 6) is -0.929. The number of allylic oxidation sites excluding steroid dienone is 16. The second-order valence-corrected chi connectivity index (χ2v) is 19.9. The standard InChI is InChI=1S/C66H112O6/c1-4-7-10-13-16-19-21-23-25-27-29-30-31-32-33-34-35-36-37-39-40-42-44-47-50-53-56-59-65(68)71-62-63(61-70-64(67)58-55-52-49-46-18-15-12-9-6-3)72-66(69)60-57-54-51-48-45-43-41-38-28-26-24-22-20-17-14-11-8-5-2/h7,10,16,19,23,25,29-30,32-33,35-36,39-40,44,47,63H,4-6,8-9,11-15,17-18,20-22,24,26-28,31,34,37-38,41-43,45-46,48-62H2,1-3H3/b10-7-,19-16-,25-23-,30-29-,33-32-,36-35-,40-39-,47-44-. The maximum Gasteiger partial charge on any atom is 0.306 e. The number of hydrogen-bond donors (Lipinski definition) is 0. The summed E-state index contributed by atoms with van der Waals surface area (Å²) in [6, 6.07) is 0. The summed E-state index contributed by atoms with van der Waals surface area (Å²) in [7, 11) is 0. The van der Waals surface area contributed by atoms with Crippen LogP contribution in [0.2, 0.25) is 0 Å².